The highest BCUT2D eigenvalue weighted by Crippen LogP contribution is 2.33. The average Bonchev–Trinajstić information content (AvgIpc) is 2.13. The first-order valence-corrected chi connectivity index (χ1v) is 7.09. The average molecular weight is 238 g/mol. The molecule has 98 valence electrons. The van der Waals surface area contributed by atoms with Crippen molar-refractivity contribution in [2.45, 2.75) is 46.1 Å². The molecule has 2 rings (SSSR count). The molecule has 1 saturated carbocycles. The Morgan fingerprint density at radius 1 is 1.29 bits per heavy atom. The SMILES string of the molecule is CC1CCC(C(C)C)C(NC(=O)C2CNC2)C1. The molecule has 3 unspecified atom stereocenters. The maximum Gasteiger partial charge on any atom is 0.225 e. The van der Waals surface area contributed by atoms with E-state index in [9.17, 15) is 4.79 Å². The van der Waals surface area contributed by atoms with Crippen LogP contribution in [0.3, 0.4) is 0 Å². The van der Waals surface area contributed by atoms with E-state index in [1.807, 2.05) is 0 Å². The summed E-state index contributed by atoms with van der Waals surface area (Å²) in [5.41, 5.74) is 0. The Balaban J connectivity index is 1.92. The van der Waals surface area contributed by atoms with Gasteiger partial charge < -0.3 is 10.6 Å². The summed E-state index contributed by atoms with van der Waals surface area (Å²) in [6, 6.07) is 0.409. The Morgan fingerprint density at radius 2 is 2.00 bits per heavy atom. The monoisotopic (exact) mass is 238 g/mol. The van der Waals surface area contributed by atoms with E-state index >= 15 is 0 Å². The molecule has 0 aromatic carbocycles. The van der Waals surface area contributed by atoms with Crippen LogP contribution in [0.25, 0.3) is 0 Å². The summed E-state index contributed by atoms with van der Waals surface area (Å²) in [6.45, 7) is 8.59. The van der Waals surface area contributed by atoms with Crippen molar-refractivity contribution >= 4 is 5.91 Å². The number of hydrogen-bond acceptors (Lipinski definition) is 2. The highest BCUT2D eigenvalue weighted by molar-refractivity contribution is 5.80. The fourth-order valence-electron chi connectivity index (χ4n) is 3.14. The van der Waals surface area contributed by atoms with Gasteiger partial charge in [-0.25, -0.2) is 0 Å². The maximum absolute atomic E-state index is 12.0. The molecule has 1 saturated heterocycles. The van der Waals surface area contributed by atoms with E-state index in [4.69, 9.17) is 0 Å². The summed E-state index contributed by atoms with van der Waals surface area (Å²) >= 11 is 0. The van der Waals surface area contributed by atoms with Crippen LogP contribution in [-0.2, 0) is 4.79 Å². The Labute approximate surface area is 105 Å². The summed E-state index contributed by atoms with van der Waals surface area (Å²) < 4.78 is 0. The van der Waals surface area contributed by atoms with Gasteiger partial charge in [0.15, 0.2) is 0 Å². The second kappa shape index (κ2) is 5.38. The van der Waals surface area contributed by atoms with Crippen molar-refractivity contribution in [3.63, 3.8) is 0 Å². The van der Waals surface area contributed by atoms with Gasteiger partial charge in [-0.2, -0.15) is 0 Å². The molecule has 2 aliphatic rings. The summed E-state index contributed by atoms with van der Waals surface area (Å²) in [6.07, 6.45) is 3.75. The van der Waals surface area contributed by atoms with E-state index in [1.165, 1.54) is 12.8 Å². The van der Waals surface area contributed by atoms with Crippen molar-refractivity contribution in [2.24, 2.45) is 23.7 Å². The molecule has 1 aliphatic carbocycles. The Bertz CT molecular complexity index is 273. The van der Waals surface area contributed by atoms with Gasteiger partial charge in [0.25, 0.3) is 0 Å². The zero-order chi connectivity index (χ0) is 12.4. The van der Waals surface area contributed by atoms with Crippen LogP contribution in [0.15, 0.2) is 0 Å². The highest BCUT2D eigenvalue weighted by atomic mass is 16.2. The number of hydrogen-bond donors (Lipinski definition) is 2. The molecule has 1 heterocycles. The first kappa shape index (κ1) is 12.9. The number of carbonyl (C=O) groups excluding carboxylic acids is 1. The molecule has 0 aromatic heterocycles. The Kier molecular flexibility index (Phi) is 4.08. The predicted octanol–water partition coefficient (Wildman–Crippen LogP) is 1.78. The number of carbonyl (C=O) groups is 1. The van der Waals surface area contributed by atoms with Crippen molar-refractivity contribution in [1.82, 2.24) is 10.6 Å². The third kappa shape index (κ3) is 3.01. The molecular formula is C14H26N2O. The van der Waals surface area contributed by atoms with E-state index in [1.54, 1.807) is 0 Å². The van der Waals surface area contributed by atoms with E-state index in [2.05, 4.69) is 31.4 Å². The molecule has 0 aromatic rings. The minimum absolute atomic E-state index is 0.222. The van der Waals surface area contributed by atoms with Crippen LogP contribution in [-0.4, -0.2) is 25.0 Å². The lowest BCUT2D eigenvalue weighted by molar-refractivity contribution is -0.128. The third-order valence-electron chi connectivity index (χ3n) is 4.50. The van der Waals surface area contributed by atoms with Gasteiger partial charge in [0.1, 0.15) is 0 Å². The van der Waals surface area contributed by atoms with Crippen LogP contribution in [0.5, 0.6) is 0 Å². The second-order valence-corrected chi connectivity index (χ2v) is 6.30. The van der Waals surface area contributed by atoms with Gasteiger partial charge in [-0.3, -0.25) is 4.79 Å². The summed E-state index contributed by atoms with van der Waals surface area (Å²) in [5, 5.41) is 6.46. The van der Waals surface area contributed by atoms with Crippen molar-refractivity contribution in [3.8, 4) is 0 Å². The van der Waals surface area contributed by atoms with Gasteiger partial charge in [-0.15, -0.1) is 0 Å². The number of amides is 1. The molecule has 2 N–H and O–H groups in total. The quantitative estimate of drug-likeness (QED) is 0.787. The molecule has 3 heteroatoms. The minimum atomic E-state index is 0.222. The topological polar surface area (TPSA) is 41.1 Å². The predicted molar refractivity (Wildman–Crippen MR) is 69.6 cm³/mol. The minimum Gasteiger partial charge on any atom is -0.353 e. The summed E-state index contributed by atoms with van der Waals surface area (Å²) in [5.74, 6) is 2.60. The molecule has 0 radical (unpaired) electrons. The summed E-state index contributed by atoms with van der Waals surface area (Å²) in [7, 11) is 0. The van der Waals surface area contributed by atoms with Crippen LogP contribution in [0, 0.1) is 23.7 Å². The smallest absolute Gasteiger partial charge is 0.225 e. The number of nitrogens with one attached hydrogen (secondary N) is 2. The van der Waals surface area contributed by atoms with Crippen LogP contribution in [0.1, 0.15) is 40.0 Å². The lowest BCUT2D eigenvalue weighted by Crippen LogP contribution is -2.55. The Morgan fingerprint density at radius 3 is 2.53 bits per heavy atom. The largest absolute Gasteiger partial charge is 0.353 e. The lowest BCUT2D eigenvalue weighted by Gasteiger charge is -2.39. The second-order valence-electron chi connectivity index (χ2n) is 6.30. The van der Waals surface area contributed by atoms with Gasteiger partial charge in [0.05, 0.1) is 5.92 Å². The molecule has 0 bridgehead atoms. The molecule has 17 heavy (non-hydrogen) atoms. The molecule has 3 atom stereocenters. The fourth-order valence-corrected chi connectivity index (χ4v) is 3.14. The van der Waals surface area contributed by atoms with E-state index < -0.39 is 0 Å². The molecule has 2 fully saturated rings. The van der Waals surface area contributed by atoms with E-state index in [0.717, 1.165) is 25.4 Å². The van der Waals surface area contributed by atoms with E-state index in [0.29, 0.717) is 17.9 Å². The van der Waals surface area contributed by atoms with Gasteiger partial charge in [-0.1, -0.05) is 27.2 Å². The van der Waals surface area contributed by atoms with Crippen LogP contribution < -0.4 is 10.6 Å². The van der Waals surface area contributed by atoms with Gasteiger partial charge in [0, 0.05) is 19.1 Å². The first-order chi connectivity index (χ1) is 8.08. The standard InChI is InChI=1S/C14H26N2O/c1-9(2)12-5-4-10(3)6-13(12)16-14(17)11-7-15-8-11/h9-13,15H,4-8H2,1-3H3,(H,16,17). The molecular weight excluding hydrogens is 212 g/mol. The summed E-state index contributed by atoms with van der Waals surface area (Å²) in [4.78, 5) is 12.0. The van der Waals surface area contributed by atoms with Crippen LogP contribution in [0.4, 0.5) is 0 Å². The third-order valence-corrected chi connectivity index (χ3v) is 4.50. The first-order valence-electron chi connectivity index (χ1n) is 7.09. The van der Waals surface area contributed by atoms with E-state index in [-0.39, 0.29) is 11.8 Å². The normalized spacial score (nSPS) is 34.5. The molecule has 0 spiro atoms. The van der Waals surface area contributed by atoms with Gasteiger partial charge >= 0.3 is 0 Å². The van der Waals surface area contributed by atoms with Gasteiger partial charge in [0.2, 0.25) is 5.91 Å². The van der Waals surface area contributed by atoms with Crippen LogP contribution >= 0.6 is 0 Å². The molecule has 1 aliphatic heterocycles. The zero-order valence-corrected chi connectivity index (χ0v) is 11.3. The maximum atomic E-state index is 12.0. The lowest BCUT2D eigenvalue weighted by atomic mass is 9.74. The molecule has 3 nitrogen and oxygen atoms in total. The van der Waals surface area contributed by atoms with Crippen molar-refractivity contribution in [1.29, 1.82) is 0 Å². The van der Waals surface area contributed by atoms with Crippen LogP contribution in [0.2, 0.25) is 0 Å². The van der Waals surface area contributed by atoms with Gasteiger partial charge in [-0.05, 0) is 30.6 Å². The highest BCUT2D eigenvalue weighted by Gasteiger charge is 2.34. The van der Waals surface area contributed by atoms with Crippen molar-refractivity contribution in [2.75, 3.05) is 13.1 Å². The van der Waals surface area contributed by atoms with Crippen molar-refractivity contribution in [3.05, 3.63) is 0 Å². The molecule has 1 amide bonds. The number of rotatable bonds is 3. The Hall–Kier alpha value is -0.570. The van der Waals surface area contributed by atoms with Crippen molar-refractivity contribution < 1.29 is 4.79 Å². The zero-order valence-electron chi connectivity index (χ0n) is 11.3. The fraction of sp³-hybridized carbons (Fsp3) is 0.929.